The molecule has 2 unspecified atom stereocenters. The average molecular weight is 212 g/mol. The third kappa shape index (κ3) is 3.46. The standard InChI is InChI=1S/C13H28N2/c1-5-13(11(2)3)15-9-7-6-8-12(15)10-14-4/h11-14H,5-10H2,1-4H3. The largest absolute Gasteiger partial charge is 0.318 e. The van der Waals surface area contributed by atoms with E-state index in [4.69, 9.17) is 0 Å². The fourth-order valence-electron chi connectivity index (χ4n) is 3.00. The van der Waals surface area contributed by atoms with Crippen LogP contribution in [0.2, 0.25) is 0 Å². The van der Waals surface area contributed by atoms with Gasteiger partial charge in [-0.2, -0.15) is 0 Å². The molecule has 1 saturated heterocycles. The van der Waals surface area contributed by atoms with Gasteiger partial charge >= 0.3 is 0 Å². The van der Waals surface area contributed by atoms with Crippen LogP contribution >= 0.6 is 0 Å². The highest BCUT2D eigenvalue weighted by atomic mass is 15.2. The van der Waals surface area contributed by atoms with Gasteiger partial charge in [-0.1, -0.05) is 27.2 Å². The summed E-state index contributed by atoms with van der Waals surface area (Å²) < 4.78 is 0. The first kappa shape index (κ1) is 13.0. The maximum Gasteiger partial charge on any atom is 0.0223 e. The maximum atomic E-state index is 3.34. The van der Waals surface area contributed by atoms with Crippen LogP contribution in [0.4, 0.5) is 0 Å². The van der Waals surface area contributed by atoms with Crippen LogP contribution in [0.1, 0.15) is 46.5 Å². The molecule has 2 atom stereocenters. The van der Waals surface area contributed by atoms with E-state index in [1.54, 1.807) is 0 Å². The molecule has 0 aliphatic carbocycles. The highest BCUT2D eigenvalue weighted by Crippen LogP contribution is 2.24. The van der Waals surface area contributed by atoms with Gasteiger partial charge in [-0.15, -0.1) is 0 Å². The van der Waals surface area contributed by atoms with Crippen molar-refractivity contribution in [2.75, 3.05) is 20.1 Å². The van der Waals surface area contributed by atoms with Crippen molar-refractivity contribution >= 4 is 0 Å². The highest BCUT2D eigenvalue weighted by molar-refractivity contribution is 4.84. The SMILES string of the molecule is CCC(C(C)C)N1CCCCC1CNC. The number of hydrogen-bond acceptors (Lipinski definition) is 2. The molecule has 0 spiro atoms. The molecule has 0 saturated carbocycles. The molecule has 0 aromatic carbocycles. The van der Waals surface area contributed by atoms with Crippen LogP contribution in [0.3, 0.4) is 0 Å². The Labute approximate surface area is 95.4 Å². The molecular formula is C13H28N2. The Morgan fingerprint density at radius 2 is 2.07 bits per heavy atom. The van der Waals surface area contributed by atoms with Gasteiger partial charge in [0.25, 0.3) is 0 Å². The highest BCUT2D eigenvalue weighted by Gasteiger charge is 2.28. The summed E-state index contributed by atoms with van der Waals surface area (Å²) in [5, 5.41) is 3.34. The lowest BCUT2D eigenvalue weighted by Gasteiger charge is -2.42. The quantitative estimate of drug-likeness (QED) is 0.753. The van der Waals surface area contributed by atoms with Crippen LogP contribution in [0.15, 0.2) is 0 Å². The molecule has 90 valence electrons. The Morgan fingerprint density at radius 3 is 2.60 bits per heavy atom. The minimum absolute atomic E-state index is 0.774. The van der Waals surface area contributed by atoms with Crippen molar-refractivity contribution in [2.24, 2.45) is 5.92 Å². The summed E-state index contributed by atoms with van der Waals surface area (Å²) in [5.41, 5.74) is 0. The van der Waals surface area contributed by atoms with E-state index in [1.165, 1.54) is 32.2 Å². The molecule has 1 heterocycles. The molecule has 0 amide bonds. The molecule has 1 aliphatic rings. The van der Waals surface area contributed by atoms with Gasteiger partial charge in [0, 0.05) is 18.6 Å². The van der Waals surface area contributed by atoms with E-state index in [9.17, 15) is 0 Å². The van der Waals surface area contributed by atoms with Crippen molar-refractivity contribution in [3.8, 4) is 0 Å². The van der Waals surface area contributed by atoms with E-state index in [2.05, 4.69) is 38.0 Å². The van der Waals surface area contributed by atoms with Gasteiger partial charge in [-0.25, -0.2) is 0 Å². The van der Waals surface area contributed by atoms with E-state index in [0.717, 1.165) is 24.5 Å². The first-order chi connectivity index (χ1) is 7.20. The smallest absolute Gasteiger partial charge is 0.0223 e. The number of piperidine rings is 1. The molecule has 0 aromatic rings. The Morgan fingerprint density at radius 1 is 1.33 bits per heavy atom. The summed E-state index contributed by atoms with van der Waals surface area (Å²) >= 11 is 0. The number of likely N-dealkylation sites (N-methyl/N-ethyl adjacent to an activating group) is 1. The second kappa shape index (κ2) is 6.49. The second-order valence-electron chi connectivity index (χ2n) is 5.16. The fourth-order valence-corrected chi connectivity index (χ4v) is 3.00. The predicted octanol–water partition coefficient (Wildman–Crippen LogP) is 2.49. The summed E-state index contributed by atoms with van der Waals surface area (Å²) in [6.45, 7) is 9.51. The normalized spacial score (nSPS) is 25.8. The number of rotatable bonds is 5. The van der Waals surface area contributed by atoms with Gasteiger partial charge in [0.15, 0.2) is 0 Å². The van der Waals surface area contributed by atoms with Crippen molar-refractivity contribution < 1.29 is 0 Å². The zero-order valence-corrected chi connectivity index (χ0v) is 10.9. The lowest BCUT2D eigenvalue weighted by Crippen LogP contribution is -2.51. The van der Waals surface area contributed by atoms with E-state index in [1.807, 2.05) is 0 Å². The van der Waals surface area contributed by atoms with Gasteiger partial charge < -0.3 is 5.32 Å². The van der Waals surface area contributed by atoms with Crippen molar-refractivity contribution in [2.45, 2.75) is 58.5 Å². The van der Waals surface area contributed by atoms with E-state index in [0.29, 0.717) is 0 Å². The monoisotopic (exact) mass is 212 g/mol. The third-order valence-corrected chi connectivity index (χ3v) is 3.73. The van der Waals surface area contributed by atoms with Crippen molar-refractivity contribution in [3.63, 3.8) is 0 Å². The van der Waals surface area contributed by atoms with Crippen LogP contribution in [0, 0.1) is 5.92 Å². The molecule has 2 heteroatoms. The Kier molecular flexibility index (Phi) is 5.62. The zero-order chi connectivity index (χ0) is 11.3. The van der Waals surface area contributed by atoms with Crippen LogP contribution in [0.5, 0.6) is 0 Å². The van der Waals surface area contributed by atoms with Crippen molar-refractivity contribution in [1.29, 1.82) is 0 Å². The van der Waals surface area contributed by atoms with Crippen LogP contribution in [-0.4, -0.2) is 37.1 Å². The topological polar surface area (TPSA) is 15.3 Å². The number of nitrogens with one attached hydrogen (secondary N) is 1. The van der Waals surface area contributed by atoms with Crippen molar-refractivity contribution in [1.82, 2.24) is 10.2 Å². The lowest BCUT2D eigenvalue weighted by atomic mass is 9.93. The first-order valence-electron chi connectivity index (χ1n) is 6.61. The molecule has 15 heavy (non-hydrogen) atoms. The number of hydrogen-bond donors (Lipinski definition) is 1. The summed E-state index contributed by atoms with van der Waals surface area (Å²) in [5.74, 6) is 0.785. The first-order valence-corrected chi connectivity index (χ1v) is 6.61. The molecule has 1 N–H and O–H groups in total. The molecule has 0 aromatic heterocycles. The van der Waals surface area contributed by atoms with E-state index < -0.39 is 0 Å². The van der Waals surface area contributed by atoms with Gasteiger partial charge in [-0.05, 0) is 38.8 Å². The minimum atomic E-state index is 0.774. The predicted molar refractivity (Wildman–Crippen MR) is 67.2 cm³/mol. The lowest BCUT2D eigenvalue weighted by molar-refractivity contribution is 0.0673. The molecule has 1 rings (SSSR count). The average Bonchev–Trinajstić information content (AvgIpc) is 2.21. The zero-order valence-electron chi connectivity index (χ0n) is 10.9. The van der Waals surface area contributed by atoms with Gasteiger partial charge in [-0.3, -0.25) is 4.90 Å². The Bertz CT molecular complexity index is 166. The molecular weight excluding hydrogens is 184 g/mol. The Hall–Kier alpha value is -0.0800. The molecule has 0 radical (unpaired) electrons. The van der Waals surface area contributed by atoms with Crippen LogP contribution in [0.25, 0.3) is 0 Å². The van der Waals surface area contributed by atoms with Crippen LogP contribution in [-0.2, 0) is 0 Å². The second-order valence-corrected chi connectivity index (χ2v) is 5.16. The molecule has 0 bridgehead atoms. The third-order valence-electron chi connectivity index (χ3n) is 3.73. The summed E-state index contributed by atoms with van der Waals surface area (Å²) in [7, 11) is 2.07. The van der Waals surface area contributed by atoms with Crippen LogP contribution < -0.4 is 5.32 Å². The van der Waals surface area contributed by atoms with Crippen molar-refractivity contribution in [3.05, 3.63) is 0 Å². The summed E-state index contributed by atoms with van der Waals surface area (Å²) in [6, 6.07) is 1.56. The maximum absolute atomic E-state index is 3.34. The van der Waals surface area contributed by atoms with Gasteiger partial charge in [0.2, 0.25) is 0 Å². The minimum Gasteiger partial charge on any atom is -0.318 e. The van der Waals surface area contributed by atoms with E-state index >= 15 is 0 Å². The fraction of sp³-hybridized carbons (Fsp3) is 1.00. The molecule has 2 nitrogen and oxygen atoms in total. The Balaban J connectivity index is 2.60. The number of nitrogens with zero attached hydrogens (tertiary/aromatic N) is 1. The summed E-state index contributed by atoms with van der Waals surface area (Å²) in [6.07, 6.45) is 5.47. The number of likely N-dealkylation sites (tertiary alicyclic amines) is 1. The van der Waals surface area contributed by atoms with E-state index in [-0.39, 0.29) is 0 Å². The van der Waals surface area contributed by atoms with Gasteiger partial charge in [0.05, 0.1) is 0 Å². The summed E-state index contributed by atoms with van der Waals surface area (Å²) in [4.78, 5) is 2.75. The van der Waals surface area contributed by atoms with Gasteiger partial charge in [0.1, 0.15) is 0 Å². The molecule has 1 fully saturated rings. The molecule has 1 aliphatic heterocycles.